The van der Waals surface area contributed by atoms with Crippen LogP contribution in [0.5, 0.6) is 0 Å². The molecule has 0 atom stereocenters. The van der Waals surface area contributed by atoms with Gasteiger partial charge in [0.15, 0.2) is 11.5 Å². The normalized spacial score (nSPS) is 11.5. The van der Waals surface area contributed by atoms with Gasteiger partial charge in [0.05, 0.1) is 10.7 Å². The van der Waals surface area contributed by atoms with Gasteiger partial charge in [0, 0.05) is 6.07 Å². The van der Waals surface area contributed by atoms with Crippen molar-refractivity contribution in [2.75, 3.05) is 5.32 Å². The molecule has 20 heavy (non-hydrogen) atoms. The van der Waals surface area contributed by atoms with Gasteiger partial charge in [-0.1, -0.05) is 17.7 Å². The Morgan fingerprint density at radius 2 is 1.80 bits per heavy atom. The zero-order valence-corrected chi connectivity index (χ0v) is 11.0. The first kappa shape index (κ1) is 14.8. The average molecular weight is 326 g/mol. The summed E-state index contributed by atoms with van der Waals surface area (Å²) >= 11 is 11.0. The fraction of sp³-hybridized carbons (Fsp3) is 0.0909. The molecule has 2 aromatic rings. The lowest BCUT2D eigenvalue weighted by Crippen LogP contribution is -2.10. The summed E-state index contributed by atoms with van der Waals surface area (Å²) in [6.07, 6.45) is -4.68. The molecule has 0 aliphatic heterocycles. The summed E-state index contributed by atoms with van der Waals surface area (Å²) in [7, 11) is 0. The van der Waals surface area contributed by atoms with Crippen LogP contribution in [-0.4, -0.2) is 9.97 Å². The largest absolute Gasteiger partial charge is 0.433 e. The molecule has 0 fully saturated rings. The third kappa shape index (κ3) is 3.29. The van der Waals surface area contributed by atoms with Crippen molar-refractivity contribution >= 4 is 34.7 Å². The highest BCUT2D eigenvalue weighted by Crippen LogP contribution is 2.31. The molecule has 0 bridgehead atoms. The zero-order chi connectivity index (χ0) is 14.9. The minimum atomic E-state index is -4.68. The highest BCUT2D eigenvalue weighted by molar-refractivity contribution is 6.31. The van der Waals surface area contributed by atoms with Crippen molar-refractivity contribution in [3.8, 4) is 0 Å². The summed E-state index contributed by atoms with van der Waals surface area (Å²) in [5.74, 6) is -1.10. The Bertz CT molecular complexity index is 646. The first-order valence-corrected chi connectivity index (χ1v) is 5.86. The smallest absolute Gasteiger partial charge is 0.338 e. The monoisotopic (exact) mass is 325 g/mol. The van der Waals surface area contributed by atoms with E-state index in [0.29, 0.717) is 6.07 Å². The second-order valence-corrected chi connectivity index (χ2v) is 4.38. The second-order valence-electron chi connectivity index (χ2n) is 3.63. The van der Waals surface area contributed by atoms with E-state index in [1.807, 2.05) is 0 Å². The Labute approximate surface area is 120 Å². The van der Waals surface area contributed by atoms with E-state index in [4.69, 9.17) is 23.2 Å². The van der Waals surface area contributed by atoms with E-state index in [1.54, 1.807) is 0 Å². The molecule has 1 aromatic carbocycles. The molecule has 9 heteroatoms. The molecule has 0 radical (unpaired) electrons. The number of halogens is 6. The fourth-order valence-corrected chi connectivity index (χ4v) is 1.72. The zero-order valence-electron chi connectivity index (χ0n) is 9.47. The summed E-state index contributed by atoms with van der Waals surface area (Å²) in [5, 5.41) is 1.59. The number of alkyl halides is 3. The van der Waals surface area contributed by atoms with E-state index in [9.17, 15) is 17.6 Å². The molecule has 1 aromatic heterocycles. The Hall–Kier alpha value is -1.60. The van der Waals surface area contributed by atoms with E-state index < -0.39 is 23.0 Å². The highest BCUT2D eigenvalue weighted by atomic mass is 35.5. The maximum absolute atomic E-state index is 13.6. The van der Waals surface area contributed by atoms with Gasteiger partial charge in [-0.05, 0) is 23.7 Å². The molecule has 3 nitrogen and oxygen atoms in total. The SMILES string of the molecule is Fc1c(Cl)cccc1Nc1cc(C(F)(F)F)nc(Cl)n1. The predicted octanol–water partition coefficient (Wildman–Crippen LogP) is 4.68. The van der Waals surface area contributed by atoms with Crippen molar-refractivity contribution in [1.82, 2.24) is 9.97 Å². The van der Waals surface area contributed by atoms with Gasteiger partial charge in [-0.2, -0.15) is 13.2 Å². The number of rotatable bonds is 2. The molecule has 0 aliphatic carbocycles. The first-order chi connectivity index (χ1) is 9.27. The van der Waals surface area contributed by atoms with Crippen molar-refractivity contribution in [2.24, 2.45) is 0 Å². The molecule has 0 aliphatic rings. The maximum atomic E-state index is 13.6. The Kier molecular flexibility index (Phi) is 4.01. The van der Waals surface area contributed by atoms with Crippen LogP contribution in [0, 0.1) is 5.82 Å². The van der Waals surface area contributed by atoms with Gasteiger partial charge in [0.1, 0.15) is 5.82 Å². The summed E-state index contributed by atoms with van der Waals surface area (Å²) < 4.78 is 51.3. The van der Waals surface area contributed by atoms with Gasteiger partial charge < -0.3 is 5.32 Å². The van der Waals surface area contributed by atoms with Crippen molar-refractivity contribution in [1.29, 1.82) is 0 Å². The molecule has 1 heterocycles. The third-order valence-electron chi connectivity index (χ3n) is 2.20. The third-order valence-corrected chi connectivity index (χ3v) is 2.66. The lowest BCUT2D eigenvalue weighted by molar-refractivity contribution is -0.141. The number of anilines is 2. The van der Waals surface area contributed by atoms with Crippen LogP contribution in [0.3, 0.4) is 0 Å². The topological polar surface area (TPSA) is 37.8 Å². The number of aromatic nitrogens is 2. The molecule has 0 amide bonds. The molecule has 1 N–H and O–H groups in total. The Balaban J connectivity index is 2.39. The number of nitrogens with one attached hydrogen (secondary N) is 1. The minimum absolute atomic E-state index is 0.125. The number of hydrogen-bond acceptors (Lipinski definition) is 3. The lowest BCUT2D eigenvalue weighted by Gasteiger charge is -2.10. The van der Waals surface area contributed by atoms with Crippen LogP contribution in [-0.2, 0) is 6.18 Å². The van der Waals surface area contributed by atoms with Gasteiger partial charge in [0.25, 0.3) is 0 Å². The molecule has 0 saturated heterocycles. The quantitative estimate of drug-likeness (QED) is 0.643. The van der Waals surface area contributed by atoms with E-state index >= 15 is 0 Å². The average Bonchev–Trinajstić information content (AvgIpc) is 2.33. The minimum Gasteiger partial charge on any atom is -0.338 e. The van der Waals surface area contributed by atoms with Crippen LogP contribution in [0.25, 0.3) is 0 Å². The van der Waals surface area contributed by atoms with Gasteiger partial charge in [-0.3, -0.25) is 0 Å². The van der Waals surface area contributed by atoms with Crippen LogP contribution in [0.1, 0.15) is 5.69 Å². The predicted molar refractivity (Wildman–Crippen MR) is 66.7 cm³/mol. The summed E-state index contributed by atoms with van der Waals surface area (Å²) in [5.41, 5.74) is -1.36. The molecule has 0 spiro atoms. The van der Waals surface area contributed by atoms with Crippen molar-refractivity contribution in [2.45, 2.75) is 6.18 Å². The van der Waals surface area contributed by atoms with Crippen molar-refractivity contribution in [3.63, 3.8) is 0 Å². The molecule has 106 valence electrons. The first-order valence-electron chi connectivity index (χ1n) is 5.10. The second kappa shape index (κ2) is 5.41. The van der Waals surface area contributed by atoms with E-state index in [2.05, 4.69) is 15.3 Å². The van der Waals surface area contributed by atoms with Crippen LogP contribution < -0.4 is 5.32 Å². The van der Waals surface area contributed by atoms with Crippen LogP contribution in [0.15, 0.2) is 24.3 Å². The van der Waals surface area contributed by atoms with E-state index in [0.717, 1.165) is 0 Å². The molecule has 2 rings (SSSR count). The highest BCUT2D eigenvalue weighted by Gasteiger charge is 2.33. The van der Waals surface area contributed by atoms with E-state index in [-0.39, 0.29) is 16.5 Å². The van der Waals surface area contributed by atoms with Gasteiger partial charge >= 0.3 is 6.18 Å². The number of hydrogen-bond donors (Lipinski definition) is 1. The molecular formula is C11H5Cl2F4N3. The standard InChI is InChI=1S/C11H5Cl2F4N3/c12-5-2-1-3-6(9(5)14)18-8-4-7(11(15,16)17)19-10(13)20-8/h1-4H,(H,18,19,20). The molecular weight excluding hydrogens is 321 g/mol. The lowest BCUT2D eigenvalue weighted by atomic mass is 10.3. The van der Waals surface area contributed by atoms with Crippen LogP contribution in [0.2, 0.25) is 10.3 Å². The Morgan fingerprint density at radius 3 is 2.45 bits per heavy atom. The molecule has 0 unspecified atom stereocenters. The van der Waals surface area contributed by atoms with Gasteiger partial charge in [-0.15, -0.1) is 0 Å². The fourth-order valence-electron chi connectivity index (χ4n) is 1.37. The summed E-state index contributed by atoms with van der Waals surface area (Å²) in [6, 6.07) is 4.65. The summed E-state index contributed by atoms with van der Waals surface area (Å²) in [4.78, 5) is 6.60. The van der Waals surface area contributed by atoms with Gasteiger partial charge in [0.2, 0.25) is 5.28 Å². The van der Waals surface area contributed by atoms with E-state index in [1.165, 1.54) is 18.2 Å². The number of benzene rings is 1. The Morgan fingerprint density at radius 1 is 1.10 bits per heavy atom. The van der Waals surface area contributed by atoms with Crippen molar-refractivity contribution in [3.05, 3.63) is 46.1 Å². The van der Waals surface area contributed by atoms with Crippen LogP contribution in [0.4, 0.5) is 29.1 Å². The van der Waals surface area contributed by atoms with Crippen LogP contribution >= 0.6 is 23.2 Å². The maximum Gasteiger partial charge on any atom is 0.433 e. The van der Waals surface area contributed by atoms with Crippen molar-refractivity contribution < 1.29 is 17.6 Å². The molecule has 0 saturated carbocycles. The van der Waals surface area contributed by atoms with Gasteiger partial charge in [-0.25, -0.2) is 14.4 Å². The summed E-state index contributed by atoms with van der Waals surface area (Å²) in [6.45, 7) is 0. The number of nitrogens with zero attached hydrogens (tertiary/aromatic N) is 2.